The van der Waals surface area contributed by atoms with Crippen LogP contribution in [-0.4, -0.2) is 24.3 Å². The van der Waals surface area contributed by atoms with E-state index in [4.69, 9.17) is 4.74 Å². The molecule has 0 fully saturated rings. The van der Waals surface area contributed by atoms with Gasteiger partial charge >= 0.3 is 12.4 Å². The second-order valence-corrected chi connectivity index (χ2v) is 6.12. The van der Waals surface area contributed by atoms with E-state index in [9.17, 15) is 31.1 Å². The third-order valence-electron chi connectivity index (χ3n) is 3.34. The van der Waals surface area contributed by atoms with Crippen LogP contribution in [0.1, 0.15) is 19.4 Å². The van der Waals surface area contributed by atoms with E-state index < -0.39 is 35.5 Å². The van der Waals surface area contributed by atoms with E-state index in [0.29, 0.717) is 12.6 Å². The first kappa shape index (κ1) is 19.9. The normalized spacial score (nSPS) is 12.7. The molecule has 2 rings (SSSR count). The van der Waals surface area contributed by atoms with E-state index in [0.717, 1.165) is 12.1 Å². The highest BCUT2D eigenvalue weighted by atomic mass is 19.4. The van der Waals surface area contributed by atoms with Crippen LogP contribution in [0.5, 0.6) is 5.75 Å². The number of ether oxygens (including phenoxy) is 1. The quantitative estimate of drug-likeness (QED) is 0.746. The molecule has 0 aliphatic carbocycles. The zero-order chi connectivity index (χ0) is 19.7. The fourth-order valence-electron chi connectivity index (χ4n) is 2.25. The SMILES string of the molecule is CC(C)CNc1cc2[nH]c(=O)cc(C(F)(F)F)c2cc1OCC(F)(F)F. The maximum absolute atomic E-state index is 13.2. The molecule has 0 aliphatic rings. The molecule has 4 nitrogen and oxygen atoms in total. The molecule has 144 valence electrons. The van der Waals surface area contributed by atoms with Crippen molar-refractivity contribution in [2.45, 2.75) is 26.2 Å². The van der Waals surface area contributed by atoms with Crippen LogP contribution in [0.3, 0.4) is 0 Å². The van der Waals surface area contributed by atoms with Gasteiger partial charge in [-0.1, -0.05) is 13.8 Å². The number of pyridine rings is 1. The van der Waals surface area contributed by atoms with E-state index >= 15 is 0 Å². The molecule has 1 heterocycles. The lowest BCUT2D eigenvalue weighted by Gasteiger charge is -2.18. The van der Waals surface area contributed by atoms with Gasteiger partial charge in [0.2, 0.25) is 5.56 Å². The van der Waals surface area contributed by atoms with Gasteiger partial charge in [0.25, 0.3) is 0 Å². The number of halogens is 6. The lowest BCUT2D eigenvalue weighted by Crippen LogP contribution is -2.20. The van der Waals surface area contributed by atoms with E-state index in [1.54, 1.807) is 0 Å². The van der Waals surface area contributed by atoms with Crippen LogP contribution in [0, 0.1) is 5.92 Å². The van der Waals surface area contributed by atoms with Crippen molar-refractivity contribution in [2.24, 2.45) is 5.92 Å². The Labute approximate surface area is 144 Å². The molecule has 10 heteroatoms. The second kappa shape index (κ2) is 7.08. The van der Waals surface area contributed by atoms with Gasteiger partial charge in [0.1, 0.15) is 5.75 Å². The Morgan fingerprint density at radius 3 is 2.31 bits per heavy atom. The van der Waals surface area contributed by atoms with Gasteiger partial charge in [-0.2, -0.15) is 26.3 Å². The van der Waals surface area contributed by atoms with E-state index in [2.05, 4.69) is 10.3 Å². The molecule has 0 saturated carbocycles. The lowest BCUT2D eigenvalue weighted by molar-refractivity contribution is -0.153. The minimum Gasteiger partial charge on any atom is -0.482 e. The number of benzene rings is 1. The largest absolute Gasteiger partial charge is 0.482 e. The molecule has 0 atom stereocenters. The van der Waals surface area contributed by atoms with Gasteiger partial charge in [-0.15, -0.1) is 0 Å². The number of aromatic amines is 1. The average molecular weight is 382 g/mol. The van der Waals surface area contributed by atoms with Crippen LogP contribution >= 0.6 is 0 Å². The van der Waals surface area contributed by atoms with Crippen LogP contribution in [0.15, 0.2) is 23.0 Å². The number of alkyl halides is 6. The molecular formula is C16H16F6N2O2. The molecule has 26 heavy (non-hydrogen) atoms. The second-order valence-electron chi connectivity index (χ2n) is 6.12. The maximum atomic E-state index is 13.2. The molecule has 0 bridgehead atoms. The van der Waals surface area contributed by atoms with Gasteiger partial charge in [0.15, 0.2) is 6.61 Å². The summed E-state index contributed by atoms with van der Waals surface area (Å²) in [5.41, 5.74) is -2.31. The van der Waals surface area contributed by atoms with Crippen LogP contribution in [0.4, 0.5) is 32.0 Å². The number of hydrogen-bond acceptors (Lipinski definition) is 3. The van der Waals surface area contributed by atoms with Crippen molar-refractivity contribution < 1.29 is 31.1 Å². The Kier molecular flexibility index (Phi) is 5.43. The van der Waals surface area contributed by atoms with Crippen LogP contribution in [0.2, 0.25) is 0 Å². The monoisotopic (exact) mass is 382 g/mol. The molecule has 0 saturated heterocycles. The maximum Gasteiger partial charge on any atom is 0.422 e. The molecular weight excluding hydrogens is 366 g/mol. The van der Waals surface area contributed by atoms with Gasteiger partial charge in [0, 0.05) is 18.0 Å². The Hall–Kier alpha value is -2.39. The topological polar surface area (TPSA) is 54.1 Å². The number of fused-ring (bicyclic) bond motifs is 1. The minimum absolute atomic E-state index is 0.0606. The van der Waals surface area contributed by atoms with E-state index in [1.165, 1.54) is 0 Å². The summed E-state index contributed by atoms with van der Waals surface area (Å²) >= 11 is 0. The zero-order valence-electron chi connectivity index (χ0n) is 13.8. The Bertz CT molecular complexity index is 839. The first-order valence-electron chi connectivity index (χ1n) is 7.58. The van der Waals surface area contributed by atoms with Crippen molar-refractivity contribution in [3.63, 3.8) is 0 Å². The summed E-state index contributed by atoms with van der Waals surface area (Å²) in [7, 11) is 0. The molecule has 0 unspecified atom stereocenters. The Morgan fingerprint density at radius 2 is 1.77 bits per heavy atom. The number of rotatable bonds is 5. The van der Waals surface area contributed by atoms with Crippen LogP contribution in [0.25, 0.3) is 10.9 Å². The van der Waals surface area contributed by atoms with E-state index in [-0.39, 0.29) is 22.9 Å². The summed E-state index contributed by atoms with van der Waals surface area (Å²) in [5.74, 6) is -0.269. The minimum atomic E-state index is -4.85. The third-order valence-corrected chi connectivity index (χ3v) is 3.34. The number of aromatic nitrogens is 1. The third kappa shape index (κ3) is 5.06. The highest BCUT2D eigenvalue weighted by molar-refractivity contribution is 5.88. The number of hydrogen-bond donors (Lipinski definition) is 2. The van der Waals surface area contributed by atoms with Gasteiger partial charge in [-0.25, -0.2) is 0 Å². The van der Waals surface area contributed by atoms with Crippen molar-refractivity contribution >= 4 is 16.6 Å². The van der Waals surface area contributed by atoms with Crippen molar-refractivity contribution in [1.82, 2.24) is 4.98 Å². The Balaban J connectivity index is 2.61. The predicted molar refractivity (Wildman–Crippen MR) is 84.4 cm³/mol. The van der Waals surface area contributed by atoms with Crippen molar-refractivity contribution in [3.8, 4) is 5.75 Å². The van der Waals surface area contributed by atoms with Gasteiger partial charge < -0.3 is 15.0 Å². The summed E-state index contributed by atoms with van der Waals surface area (Å²) in [6, 6.07) is 2.35. The first-order chi connectivity index (χ1) is 11.9. The highest BCUT2D eigenvalue weighted by Gasteiger charge is 2.34. The molecule has 1 aromatic heterocycles. The molecule has 0 amide bonds. The summed E-state index contributed by atoms with van der Waals surface area (Å²) in [6.07, 6.45) is -9.50. The number of nitrogens with one attached hydrogen (secondary N) is 2. The van der Waals surface area contributed by atoms with Gasteiger partial charge in [0.05, 0.1) is 16.8 Å². The fourth-order valence-corrected chi connectivity index (χ4v) is 2.25. The summed E-state index contributed by atoms with van der Waals surface area (Å²) in [6.45, 7) is 2.37. The van der Waals surface area contributed by atoms with Crippen molar-refractivity contribution in [2.75, 3.05) is 18.5 Å². The fraction of sp³-hybridized carbons (Fsp3) is 0.438. The van der Waals surface area contributed by atoms with Crippen molar-refractivity contribution in [1.29, 1.82) is 0 Å². The smallest absolute Gasteiger partial charge is 0.422 e. The summed E-state index contributed by atoms with van der Waals surface area (Å²) in [4.78, 5) is 13.8. The average Bonchev–Trinajstić information content (AvgIpc) is 2.48. The van der Waals surface area contributed by atoms with Gasteiger partial charge in [-0.05, 0) is 18.1 Å². The molecule has 0 aliphatic heterocycles. The van der Waals surface area contributed by atoms with Crippen LogP contribution < -0.4 is 15.6 Å². The first-order valence-corrected chi connectivity index (χ1v) is 7.58. The molecule has 0 spiro atoms. The zero-order valence-corrected chi connectivity index (χ0v) is 13.8. The summed E-state index contributed by atoms with van der Waals surface area (Å²) in [5, 5.41) is 2.37. The van der Waals surface area contributed by atoms with Gasteiger partial charge in [-0.3, -0.25) is 4.79 Å². The summed E-state index contributed by atoms with van der Waals surface area (Å²) < 4.78 is 81.6. The molecule has 2 aromatic rings. The van der Waals surface area contributed by atoms with Crippen molar-refractivity contribution in [3.05, 3.63) is 34.1 Å². The van der Waals surface area contributed by atoms with E-state index in [1.807, 2.05) is 13.8 Å². The van der Waals surface area contributed by atoms with Crippen LogP contribution in [-0.2, 0) is 6.18 Å². The number of H-pyrrole nitrogens is 1. The molecule has 0 radical (unpaired) electrons. The Morgan fingerprint density at radius 1 is 1.12 bits per heavy atom. The lowest BCUT2D eigenvalue weighted by atomic mass is 10.1. The number of anilines is 1. The molecule has 1 aromatic carbocycles. The standard InChI is InChI=1S/C16H16F6N2O2/c1-8(2)6-23-12-5-11-9(3-13(12)26-7-15(17,18)19)10(16(20,21)22)4-14(25)24-11/h3-5,8,23H,6-7H2,1-2H3,(H,24,25). The predicted octanol–water partition coefficient (Wildman–Crippen LogP) is 4.56. The highest BCUT2D eigenvalue weighted by Crippen LogP contribution is 2.38. The molecule has 2 N–H and O–H groups in total.